The maximum absolute atomic E-state index is 11.4. The van der Waals surface area contributed by atoms with Crippen molar-refractivity contribution in [2.24, 2.45) is 5.92 Å². The largest absolute Gasteiger partial charge is 0.493 e. The third kappa shape index (κ3) is 6.30. The Labute approximate surface area is 143 Å². The quantitative estimate of drug-likeness (QED) is 0.707. The molecule has 7 heteroatoms. The van der Waals surface area contributed by atoms with E-state index in [9.17, 15) is 4.79 Å². The number of nitrogens with one attached hydrogen (secondary N) is 2. The number of hydrogen-bond acceptors (Lipinski definition) is 4. The topological polar surface area (TPSA) is 59.6 Å². The summed E-state index contributed by atoms with van der Waals surface area (Å²) < 4.78 is 10.4. The normalized spacial score (nSPS) is 10.1. The van der Waals surface area contributed by atoms with E-state index in [0.717, 1.165) is 5.56 Å². The van der Waals surface area contributed by atoms with Gasteiger partial charge in [0, 0.05) is 25.6 Å². The molecule has 5 nitrogen and oxygen atoms in total. The zero-order chi connectivity index (χ0) is 15.8. The fourth-order valence-corrected chi connectivity index (χ4v) is 2.09. The zero-order valence-electron chi connectivity index (χ0n) is 13.4. The standard InChI is InChI=1S/C15H23ClN2O3.ClH/c1-10(2)15(19)18-6-5-17-9-11-7-12(16)14(21-4)13(8-11)20-3;/h7-8,10,17H,5-6,9H2,1-4H3,(H,18,19);1H. The van der Waals surface area contributed by atoms with Gasteiger partial charge in [-0.15, -0.1) is 12.4 Å². The van der Waals surface area contributed by atoms with E-state index in [0.29, 0.717) is 36.2 Å². The first-order valence-corrected chi connectivity index (χ1v) is 7.26. The molecule has 0 bridgehead atoms. The van der Waals surface area contributed by atoms with Crippen LogP contribution in [0, 0.1) is 5.92 Å². The molecule has 0 saturated heterocycles. The lowest BCUT2D eigenvalue weighted by Crippen LogP contribution is -2.34. The van der Waals surface area contributed by atoms with Gasteiger partial charge in [-0.2, -0.15) is 0 Å². The molecule has 1 aromatic carbocycles. The molecule has 0 radical (unpaired) electrons. The summed E-state index contributed by atoms with van der Waals surface area (Å²) in [4.78, 5) is 11.4. The molecule has 0 saturated carbocycles. The third-order valence-corrected chi connectivity index (χ3v) is 3.23. The smallest absolute Gasteiger partial charge is 0.222 e. The summed E-state index contributed by atoms with van der Waals surface area (Å²) >= 11 is 6.14. The van der Waals surface area contributed by atoms with E-state index in [2.05, 4.69) is 10.6 Å². The van der Waals surface area contributed by atoms with Crippen molar-refractivity contribution >= 4 is 29.9 Å². The summed E-state index contributed by atoms with van der Waals surface area (Å²) in [7, 11) is 3.13. The molecule has 1 rings (SSSR count). The van der Waals surface area contributed by atoms with Crippen LogP contribution in [0.2, 0.25) is 5.02 Å². The van der Waals surface area contributed by atoms with Gasteiger partial charge >= 0.3 is 0 Å². The molecule has 126 valence electrons. The average Bonchev–Trinajstić information content (AvgIpc) is 2.45. The first kappa shape index (κ1) is 20.8. The van der Waals surface area contributed by atoms with Gasteiger partial charge in [0.05, 0.1) is 19.2 Å². The first-order valence-electron chi connectivity index (χ1n) is 6.88. The highest BCUT2D eigenvalue weighted by Crippen LogP contribution is 2.35. The number of ether oxygens (including phenoxy) is 2. The molecule has 0 aliphatic heterocycles. The van der Waals surface area contributed by atoms with Crippen molar-refractivity contribution in [2.75, 3.05) is 27.3 Å². The van der Waals surface area contributed by atoms with Crippen molar-refractivity contribution < 1.29 is 14.3 Å². The van der Waals surface area contributed by atoms with E-state index in [4.69, 9.17) is 21.1 Å². The molecule has 0 fully saturated rings. The second kappa shape index (κ2) is 10.5. The predicted octanol–water partition coefficient (Wildman–Crippen LogP) is 2.64. The minimum atomic E-state index is 0. The van der Waals surface area contributed by atoms with Gasteiger partial charge in [0.1, 0.15) is 0 Å². The van der Waals surface area contributed by atoms with E-state index in [1.807, 2.05) is 26.0 Å². The molecule has 0 atom stereocenters. The van der Waals surface area contributed by atoms with Crippen LogP contribution in [0.15, 0.2) is 12.1 Å². The lowest BCUT2D eigenvalue weighted by Gasteiger charge is -2.12. The molecule has 22 heavy (non-hydrogen) atoms. The summed E-state index contributed by atoms with van der Waals surface area (Å²) in [5.41, 5.74) is 0.993. The maximum atomic E-state index is 11.4. The van der Waals surface area contributed by atoms with Gasteiger partial charge in [-0.25, -0.2) is 0 Å². The van der Waals surface area contributed by atoms with Gasteiger partial charge in [0.2, 0.25) is 5.91 Å². The third-order valence-electron chi connectivity index (χ3n) is 2.95. The van der Waals surface area contributed by atoms with E-state index in [-0.39, 0.29) is 24.2 Å². The van der Waals surface area contributed by atoms with Gasteiger partial charge in [-0.1, -0.05) is 25.4 Å². The molecule has 0 aliphatic carbocycles. The fraction of sp³-hybridized carbons (Fsp3) is 0.533. The number of amides is 1. The van der Waals surface area contributed by atoms with E-state index in [1.165, 1.54) is 0 Å². The molecule has 0 spiro atoms. The maximum Gasteiger partial charge on any atom is 0.222 e. The van der Waals surface area contributed by atoms with Crippen molar-refractivity contribution in [3.05, 3.63) is 22.7 Å². The van der Waals surface area contributed by atoms with E-state index in [1.54, 1.807) is 14.2 Å². The van der Waals surface area contributed by atoms with Crippen LogP contribution in [-0.2, 0) is 11.3 Å². The number of hydrogen-bond donors (Lipinski definition) is 2. The summed E-state index contributed by atoms with van der Waals surface area (Å²) in [5, 5.41) is 6.61. The average molecular weight is 351 g/mol. The van der Waals surface area contributed by atoms with Gasteiger partial charge < -0.3 is 20.1 Å². The van der Waals surface area contributed by atoms with Crippen LogP contribution in [0.1, 0.15) is 19.4 Å². The van der Waals surface area contributed by atoms with Crippen LogP contribution < -0.4 is 20.1 Å². The molecule has 0 heterocycles. The lowest BCUT2D eigenvalue weighted by atomic mass is 10.2. The van der Waals surface area contributed by atoms with Crippen LogP contribution in [0.5, 0.6) is 11.5 Å². The van der Waals surface area contributed by atoms with E-state index >= 15 is 0 Å². The van der Waals surface area contributed by atoms with Crippen LogP contribution in [0.4, 0.5) is 0 Å². The minimum Gasteiger partial charge on any atom is -0.493 e. The van der Waals surface area contributed by atoms with Crippen LogP contribution in [0.25, 0.3) is 0 Å². The van der Waals surface area contributed by atoms with Gasteiger partial charge in [0.15, 0.2) is 11.5 Å². The van der Waals surface area contributed by atoms with Crippen molar-refractivity contribution in [1.82, 2.24) is 10.6 Å². The molecule has 1 amide bonds. The lowest BCUT2D eigenvalue weighted by molar-refractivity contribution is -0.123. The van der Waals surface area contributed by atoms with Crippen LogP contribution >= 0.6 is 24.0 Å². The molecule has 1 aromatic rings. The molecule has 0 aliphatic rings. The van der Waals surface area contributed by atoms with Gasteiger partial charge in [-0.3, -0.25) is 4.79 Å². The Balaban J connectivity index is 0.00000441. The second-order valence-electron chi connectivity index (χ2n) is 4.94. The Bertz CT molecular complexity index is 482. The van der Waals surface area contributed by atoms with E-state index < -0.39 is 0 Å². The molecule has 0 aromatic heterocycles. The Morgan fingerprint density at radius 3 is 2.45 bits per heavy atom. The number of benzene rings is 1. The van der Waals surface area contributed by atoms with Crippen molar-refractivity contribution in [2.45, 2.75) is 20.4 Å². The molecule has 2 N–H and O–H groups in total. The second-order valence-corrected chi connectivity index (χ2v) is 5.34. The highest BCUT2D eigenvalue weighted by atomic mass is 35.5. The summed E-state index contributed by atoms with van der Waals surface area (Å²) in [6.45, 7) is 5.66. The summed E-state index contributed by atoms with van der Waals surface area (Å²) in [6, 6.07) is 3.72. The monoisotopic (exact) mass is 350 g/mol. The van der Waals surface area contributed by atoms with Gasteiger partial charge in [-0.05, 0) is 17.7 Å². The number of rotatable bonds is 8. The van der Waals surface area contributed by atoms with Gasteiger partial charge in [0.25, 0.3) is 0 Å². The SMILES string of the molecule is COc1cc(CNCCNC(=O)C(C)C)cc(Cl)c1OC.Cl. The fourth-order valence-electron chi connectivity index (χ4n) is 1.78. The molecular weight excluding hydrogens is 327 g/mol. The van der Waals surface area contributed by atoms with Crippen LogP contribution in [-0.4, -0.2) is 33.2 Å². The zero-order valence-corrected chi connectivity index (χ0v) is 14.9. The number of carbonyl (C=O) groups excluding carboxylic acids is 1. The first-order chi connectivity index (χ1) is 9.99. The Morgan fingerprint density at radius 1 is 1.23 bits per heavy atom. The number of carbonyl (C=O) groups is 1. The Kier molecular flexibility index (Phi) is 9.98. The van der Waals surface area contributed by atoms with Crippen molar-refractivity contribution in [3.63, 3.8) is 0 Å². The minimum absolute atomic E-state index is 0. The van der Waals surface area contributed by atoms with Crippen molar-refractivity contribution in [3.8, 4) is 11.5 Å². The highest BCUT2D eigenvalue weighted by molar-refractivity contribution is 6.32. The predicted molar refractivity (Wildman–Crippen MR) is 91.4 cm³/mol. The summed E-state index contributed by atoms with van der Waals surface area (Å²) in [6.07, 6.45) is 0. The van der Waals surface area contributed by atoms with Crippen LogP contribution in [0.3, 0.4) is 0 Å². The Morgan fingerprint density at radius 2 is 1.91 bits per heavy atom. The number of halogens is 2. The Hall–Kier alpha value is -1.17. The highest BCUT2D eigenvalue weighted by Gasteiger charge is 2.10. The molecule has 0 unspecified atom stereocenters. The van der Waals surface area contributed by atoms with Crippen molar-refractivity contribution in [1.29, 1.82) is 0 Å². The number of methoxy groups -OCH3 is 2. The molecular formula is C15H24Cl2N2O3. The summed E-state index contributed by atoms with van der Waals surface area (Å²) in [5.74, 6) is 1.21.